The van der Waals surface area contributed by atoms with Gasteiger partial charge in [0.15, 0.2) is 0 Å². The second kappa shape index (κ2) is 13.9. The molecule has 0 spiro atoms. The highest BCUT2D eigenvalue weighted by molar-refractivity contribution is 5.95. The topological polar surface area (TPSA) is 242 Å². The molecule has 0 radical (unpaired) electrons. The number of aromatic hydroxyl groups is 1. The van der Waals surface area contributed by atoms with Gasteiger partial charge in [-0.3, -0.25) is 24.0 Å². The summed E-state index contributed by atoms with van der Waals surface area (Å²) in [6.45, 7) is 0.145. The molecule has 0 aromatic heterocycles. The molecule has 4 amide bonds. The molecule has 0 bridgehead atoms. The van der Waals surface area contributed by atoms with E-state index in [0.717, 1.165) is 0 Å². The number of carboxylic acid groups (broad SMARTS) is 2. The van der Waals surface area contributed by atoms with Gasteiger partial charge in [-0.1, -0.05) is 12.1 Å². The van der Waals surface area contributed by atoms with Crippen LogP contribution >= 0.6 is 0 Å². The van der Waals surface area contributed by atoms with Crippen LogP contribution in [0.4, 0.5) is 0 Å². The van der Waals surface area contributed by atoms with Gasteiger partial charge in [-0.15, -0.1) is 0 Å². The smallest absolute Gasteiger partial charge is 0.326 e. The van der Waals surface area contributed by atoms with Crippen molar-refractivity contribution in [1.29, 1.82) is 0 Å². The van der Waals surface area contributed by atoms with Gasteiger partial charge in [0, 0.05) is 19.4 Å². The van der Waals surface area contributed by atoms with Crippen molar-refractivity contribution < 1.29 is 44.1 Å². The number of likely N-dealkylation sites (tertiary alicyclic amines) is 1. The minimum absolute atomic E-state index is 0.0460. The number of benzene rings is 1. The Labute approximate surface area is 218 Å². The fraction of sp³-hybridized carbons (Fsp3) is 0.500. The van der Waals surface area contributed by atoms with Gasteiger partial charge in [0.05, 0.1) is 6.04 Å². The number of aliphatic carboxylic acids is 2. The summed E-state index contributed by atoms with van der Waals surface area (Å²) in [6, 6.07) is 1.26. The Morgan fingerprint density at radius 2 is 1.61 bits per heavy atom. The number of primary amides is 1. The summed E-state index contributed by atoms with van der Waals surface area (Å²) in [6.07, 6.45) is -0.445. The number of hydrogen-bond acceptors (Lipinski definition) is 8. The van der Waals surface area contributed by atoms with Crippen LogP contribution in [0.15, 0.2) is 24.3 Å². The van der Waals surface area contributed by atoms with Crippen LogP contribution in [0.25, 0.3) is 0 Å². The first-order valence-electron chi connectivity index (χ1n) is 12.1. The Bertz CT molecular complexity index is 1050. The molecule has 2 rings (SSSR count). The lowest BCUT2D eigenvalue weighted by Gasteiger charge is -2.30. The van der Waals surface area contributed by atoms with Gasteiger partial charge in [-0.25, -0.2) is 4.79 Å². The number of carbonyl (C=O) groups excluding carboxylic acids is 4. The average molecular weight is 536 g/mol. The van der Waals surface area contributed by atoms with Crippen molar-refractivity contribution in [2.75, 3.05) is 6.54 Å². The fourth-order valence-electron chi connectivity index (χ4n) is 4.10. The molecule has 14 heteroatoms. The minimum atomic E-state index is -1.46. The third-order valence-corrected chi connectivity index (χ3v) is 6.12. The Kier molecular flexibility index (Phi) is 11.0. The summed E-state index contributed by atoms with van der Waals surface area (Å²) in [7, 11) is 0. The molecule has 1 saturated heterocycles. The zero-order valence-corrected chi connectivity index (χ0v) is 20.7. The lowest BCUT2D eigenvalue weighted by atomic mass is 10.0. The summed E-state index contributed by atoms with van der Waals surface area (Å²) in [4.78, 5) is 73.9. The van der Waals surface area contributed by atoms with Crippen molar-refractivity contribution in [2.45, 2.75) is 69.1 Å². The van der Waals surface area contributed by atoms with Crippen LogP contribution in [0.2, 0.25) is 0 Å². The van der Waals surface area contributed by atoms with Crippen molar-refractivity contribution in [1.82, 2.24) is 15.5 Å². The van der Waals surface area contributed by atoms with E-state index >= 15 is 0 Å². The molecule has 38 heavy (non-hydrogen) atoms. The average Bonchev–Trinajstić information content (AvgIpc) is 3.34. The van der Waals surface area contributed by atoms with E-state index in [1.807, 2.05) is 0 Å². The molecule has 1 aliphatic heterocycles. The van der Waals surface area contributed by atoms with E-state index in [4.69, 9.17) is 16.6 Å². The summed E-state index contributed by atoms with van der Waals surface area (Å²) in [5.74, 6) is -5.40. The Hall–Kier alpha value is -4.20. The number of carboxylic acids is 2. The Balaban J connectivity index is 2.11. The zero-order chi connectivity index (χ0) is 28.4. The molecule has 1 aromatic rings. The number of carbonyl (C=O) groups is 6. The minimum Gasteiger partial charge on any atom is -0.508 e. The first-order valence-corrected chi connectivity index (χ1v) is 12.1. The molecule has 1 aliphatic rings. The largest absolute Gasteiger partial charge is 0.508 e. The molecule has 0 aliphatic carbocycles. The fourth-order valence-corrected chi connectivity index (χ4v) is 4.10. The molecular weight excluding hydrogens is 502 g/mol. The van der Waals surface area contributed by atoms with Crippen LogP contribution in [0.1, 0.15) is 44.1 Å². The third kappa shape index (κ3) is 9.03. The van der Waals surface area contributed by atoms with Crippen LogP contribution in [0.3, 0.4) is 0 Å². The molecule has 1 aromatic carbocycles. The molecular formula is C24H33N5O9. The second-order valence-corrected chi connectivity index (χ2v) is 9.06. The van der Waals surface area contributed by atoms with Gasteiger partial charge in [0.25, 0.3) is 0 Å². The zero-order valence-electron chi connectivity index (χ0n) is 20.7. The normalized spacial score (nSPS) is 17.2. The summed E-state index contributed by atoms with van der Waals surface area (Å²) in [5, 5.41) is 32.4. The predicted octanol–water partition coefficient (Wildman–Crippen LogP) is -1.56. The van der Waals surface area contributed by atoms with Crippen LogP contribution in [0.5, 0.6) is 5.75 Å². The molecule has 1 fully saturated rings. The number of rotatable bonds is 14. The van der Waals surface area contributed by atoms with Crippen molar-refractivity contribution in [3.8, 4) is 5.75 Å². The Morgan fingerprint density at radius 1 is 0.974 bits per heavy atom. The monoisotopic (exact) mass is 535 g/mol. The van der Waals surface area contributed by atoms with Crippen molar-refractivity contribution in [3.63, 3.8) is 0 Å². The van der Waals surface area contributed by atoms with E-state index in [-0.39, 0.29) is 44.4 Å². The van der Waals surface area contributed by atoms with Gasteiger partial charge in [-0.2, -0.15) is 0 Å². The highest BCUT2D eigenvalue weighted by atomic mass is 16.4. The van der Waals surface area contributed by atoms with Crippen LogP contribution < -0.4 is 22.1 Å². The van der Waals surface area contributed by atoms with Gasteiger partial charge < -0.3 is 42.3 Å². The van der Waals surface area contributed by atoms with Crippen LogP contribution in [0, 0.1) is 0 Å². The van der Waals surface area contributed by atoms with E-state index in [1.54, 1.807) is 12.1 Å². The summed E-state index contributed by atoms with van der Waals surface area (Å²) in [5.41, 5.74) is 11.9. The Morgan fingerprint density at radius 3 is 2.18 bits per heavy atom. The maximum absolute atomic E-state index is 13.4. The quantitative estimate of drug-likeness (QED) is 0.144. The number of phenolic OH excluding ortho intramolecular Hbond substituents is 1. The highest BCUT2D eigenvalue weighted by Crippen LogP contribution is 2.20. The molecule has 9 N–H and O–H groups in total. The number of amides is 4. The van der Waals surface area contributed by atoms with E-state index in [1.165, 1.54) is 17.0 Å². The molecule has 0 saturated carbocycles. The second-order valence-electron chi connectivity index (χ2n) is 9.06. The first kappa shape index (κ1) is 30.0. The SMILES string of the molecule is NC(=O)CCC(NC(=O)C(N)Cc1ccc(O)cc1)C(=O)N1CCCC1C(=O)NC(CCC(=O)O)C(=O)O. The van der Waals surface area contributed by atoms with Gasteiger partial charge >= 0.3 is 11.9 Å². The maximum atomic E-state index is 13.4. The molecule has 1 heterocycles. The van der Waals surface area contributed by atoms with Gasteiger partial charge in [0.2, 0.25) is 23.6 Å². The van der Waals surface area contributed by atoms with E-state index in [0.29, 0.717) is 12.0 Å². The van der Waals surface area contributed by atoms with Crippen LogP contribution in [-0.2, 0) is 35.2 Å². The van der Waals surface area contributed by atoms with Crippen molar-refractivity contribution >= 4 is 35.6 Å². The number of phenols is 1. The molecule has 4 unspecified atom stereocenters. The number of nitrogens with zero attached hydrogens (tertiary/aromatic N) is 1. The number of nitrogens with two attached hydrogens (primary N) is 2. The highest BCUT2D eigenvalue weighted by Gasteiger charge is 2.39. The van der Waals surface area contributed by atoms with Gasteiger partial charge in [-0.05, 0) is 49.8 Å². The molecule has 4 atom stereocenters. The van der Waals surface area contributed by atoms with Gasteiger partial charge in [0.1, 0.15) is 23.9 Å². The van der Waals surface area contributed by atoms with Crippen molar-refractivity contribution in [3.05, 3.63) is 29.8 Å². The third-order valence-electron chi connectivity index (χ3n) is 6.12. The molecule has 208 valence electrons. The van der Waals surface area contributed by atoms with Crippen molar-refractivity contribution in [2.24, 2.45) is 11.5 Å². The summed E-state index contributed by atoms with van der Waals surface area (Å²) < 4.78 is 0. The summed E-state index contributed by atoms with van der Waals surface area (Å²) >= 11 is 0. The van der Waals surface area contributed by atoms with Crippen LogP contribution in [-0.4, -0.2) is 86.5 Å². The standard InChI is InChI=1S/C24H33N5O9/c25-15(12-13-3-5-14(30)6-4-13)21(34)27-16(7-9-19(26)31)23(36)29-11-1-2-18(29)22(35)28-17(24(37)38)8-10-20(32)33/h3-6,15-18,30H,1-2,7-12,25H2,(H2,26,31)(H,27,34)(H,28,35)(H,32,33)(H,37,38). The van der Waals surface area contributed by atoms with E-state index in [9.17, 15) is 39.0 Å². The maximum Gasteiger partial charge on any atom is 0.326 e. The lowest BCUT2D eigenvalue weighted by molar-refractivity contribution is -0.145. The molecule has 14 nitrogen and oxygen atoms in total. The lowest BCUT2D eigenvalue weighted by Crippen LogP contribution is -2.57. The van der Waals surface area contributed by atoms with E-state index < -0.39 is 66.2 Å². The predicted molar refractivity (Wildman–Crippen MR) is 131 cm³/mol. The van der Waals surface area contributed by atoms with E-state index in [2.05, 4.69) is 10.6 Å². The first-order chi connectivity index (χ1) is 17.9. The number of hydrogen-bond donors (Lipinski definition) is 7. The number of nitrogens with one attached hydrogen (secondary N) is 2.